The Labute approximate surface area is 58.3 Å². The molecule has 0 aliphatic heterocycles. The van der Waals surface area contributed by atoms with Crippen LogP contribution in [0.3, 0.4) is 0 Å². The lowest BCUT2D eigenvalue weighted by Crippen LogP contribution is -1.99. The van der Waals surface area contributed by atoms with Gasteiger partial charge in [-0.15, -0.1) is 0 Å². The number of carboxylic acids is 1. The highest BCUT2D eigenvalue weighted by atomic mass is 16.4. The lowest BCUT2D eigenvalue weighted by atomic mass is 10.2. The third kappa shape index (κ3) is 1.37. The molecule has 3 nitrogen and oxygen atoms in total. The Morgan fingerprint density at radius 1 is 1.70 bits per heavy atom. The molecule has 0 fully saturated rings. The van der Waals surface area contributed by atoms with Gasteiger partial charge in [0.05, 0.1) is 18.9 Å². The molecular weight excluding hydrogens is 132 g/mol. The highest BCUT2D eigenvalue weighted by Gasteiger charge is 2.04. The van der Waals surface area contributed by atoms with Crippen molar-refractivity contribution in [2.45, 2.75) is 13.3 Å². The summed E-state index contributed by atoms with van der Waals surface area (Å²) >= 11 is 0. The van der Waals surface area contributed by atoms with Crippen molar-refractivity contribution in [1.82, 2.24) is 0 Å². The summed E-state index contributed by atoms with van der Waals surface area (Å²) in [5.74, 6) is -0.829. The highest BCUT2D eigenvalue weighted by Crippen LogP contribution is 2.08. The Morgan fingerprint density at radius 2 is 2.40 bits per heavy atom. The topological polar surface area (TPSA) is 50.4 Å². The normalized spacial score (nSPS) is 9.70. The van der Waals surface area contributed by atoms with Crippen molar-refractivity contribution >= 4 is 5.97 Å². The van der Waals surface area contributed by atoms with Crippen molar-refractivity contribution in [3.63, 3.8) is 0 Å². The molecule has 0 aliphatic rings. The molecule has 1 heterocycles. The number of furan rings is 1. The molecule has 0 unspecified atom stereocenters. The third-order valence-electron chi connectivity index (χ3n) is 1.30. The maximum Gasteiger partial charge on any atom is 0.307 e. The van der Waals surface area contributed by atoms with Crippen molar-refractivity contribution < 1.29 is 14.3 Å². The summed E-state index contributed by atoms with van der Waals surface area (Å²) in [6.07, 6.45) is 3.05. The molecule has 54 valence electrons. The summed E-state index contributed by atoms with van der Waals surface area (Å²) in [5, 5.41) is 8.37. The van der Waals surface area contributed by atoms with Crippen LogP contribution in [0.2, 0.25) is 0 Å². The lowest BCUT2D eigenvalue weighted by Gasteiger charge is -1.89. The van der Waals surface area contributed by atoms with Crippen LogP contribution < -0.4 is 0 Å². The van der Waals surface area contributed by atoms with Crippen molar-refractivity contribution in [2.24, 2.45) is 0 Å². The van der Waals surface area contributed by atoms with Crippen molar-refractivity contribution in [1.29, 1.82) is 0 Å². The Hall–Kier alpha value is -1.25. The van der Waals surface area contributed by atoms with Gasteiger partial charge in [0.1, 0.15) is 0 Å². The van der Waals surface area contributed by atoms with Crippen molar-refractivity contribution in [3.8, 4) is 0 Å². The van der Waals surface area contributed by atoms with Crippen LogP contribution in [0.15, 0.2) is 16.9 Å². The zero-order valence-corrected chi connectivity index (χ0v) is 5.63. The minimum Gasteiger partial charge on any atom is -0.481 e. The standard InChI is InChI=1S/C7H8O3/c1-5-3-10-4-6(5)2-7(8)9/h3-4H,2H2,1H3,(H,8,9). The van der Waals surface area contributed by atoms with Gasteiger partial charge in [-0.25, -0.2) is 0 Å². The van der Waals surface area contributed by atoms with E-state index in [1.165, 1.54) is 12.5 Å². The molecule has 0 saturated carbocycles. The van der Waals surface area contributed by atoms with Crippen LogP contribution in [0.25, 0.3) is 0 Å². The molecule has 1 rings (SSSR count). The molecule has 0 spiro atoms. The van der Waals surface area contributed by atoms with E-state index in [2.05, 4.69) is 0 Å². The Kier molecular flexibility index (Phi) is 1.76. The fourth-order valence-corrected chi connectivity index (χ4v) is 0.731. The first-order chi connectivity index (χ1) is 4.70. The number of carbonyl (C=O) groups is 1. The van der Waals surface area contributed by atoms with Crippen LogP contribution in [0.5, 0.6) is 0 Å². The summed E-state index contributed by atoms with van der Waals surface area (Å²) in [4.78, 5) is 10.2. The van der Waals surface area contributed by atoms with Crippen molar-refractivity contribution in [2.75, 3.05) is 0 Å². The predicted octanol–water partition coefficient (Wildman–Crippen LogP) is 1.22. The maximum absolute atomic E-state index is 10.2. The fraction of sp³-hybridized carbons (Fsp3) is 0.286. The minimum atomic E-state index is -0.829. The van der Waals surface area contributed by atoms with Gasteiger partial charge < -0.3 is 9.52 Å². The average Bonchev–Trinajstić information content (AvgIpc) is 2.15. The zero-order valence-electron chi connectivity index (χ0n) is 5.63. The second kappa shape index (κ2) is 2.56. The largest absolute Gasteiger partial charge is 0.481 e. The van der Waals surface area contributed by atoms with Crippen LogP contribution in [-0.4, -0.2) is 11.1 Å². The predicted molar refractivity (Wildman–Crippen MR) is 34.8 cm³/mol. The molecule has 3 heteroatoms. The number of aliphatic carboxylic acids is 1. The number of rotatable bonds is 2. The van der Waals surface area contributed by atoms with E-state index in [9.17, 15) is 4.79 Å². The number of aryl methyl sites for hydroxylation is 1. The SMILES string of the molecule is Cc1cocc1CC(=O)O. The first-order valence-electron chi connectivity index (χ1n) is 2.93. The summed E-state index contributed by atoms with van der Waals surface area (Å²) in [6, 6.07) is 0. The van der Waals surface area contributed by atoms with E-state index in [1.807, 2.05) is 6.92 Å². The van der Waals surface area contributed by atoms with E-state index in [0.717, 1.165) is 11.1 Å². The minimum absolute atomic E-state index is 0.0440. The van der Waals surface area contributed by atoms with Crippen LogP contribution in [0.1, 0.15) is 11.1 Å². The highest BCUT2D eigenvalue weighted by molar-refractivity contribution is 5.70. The van der Waals surface area contributed by atoms with Gasteiger partial charge >= 0.3 is 5.97 Å². The zero-order chi connectivity index (χ0) is 7.56. The Morgan fingerprint density at radius 3 is 2.80 bits per heavy atom. The maximum atomic E-state index is 10.2. The van der Waals surface area contributed by atoms with Gasteiger partial charge in [0.2, 0.25) is 0 Å². The van der Waals surface area contributed by atoms with Crippen molar-refractivity contribution in [3.05, 3.63) is 23.7 Å². The average molecular weight is 140 g/mol. The van der Waals surface area contributed by atoms with E-state index in [0.29, 0.717) is 0 Å². The van der Waals surface area contributed by atoms with Crippen LogP contribution in [0, 0.1) is 6.92 Å². The van der Waals surface area contributed by atoms with Gasteiger partial charge in [0.15, 0.2) is 0 Å². The Balaban J connectivity index is 2.74. The van der Waals surface area contributed by atoms with E-state index in [1.54, 1.807) is 0 Å². The first kappa shape index (κ1) is 6.86. The second-order valence-corrected chi connectivity index (χ2v) is 2.15. The molecule has 0 radical (unpaired) electrons. The smallest absolute Gasteiger partial charge is 0.307 e. The molecule has 10 heavy (non-hydrogen) atoms. The third-order valence-corrected chi connectivity index (χ3v) is 1.30. The number of hydrogen-bond acceptors (Lipinski definition) is 2. The Bertz CT molecular complexity index is 237. The molecule has 1 aromatic heterocycles. The van der Waals surface area contributed by atoms with E-state index < -0.39 is 5.97 Å². The van der Waals surface area contributed by atoms with Crippen LogP contribution in [0.4, 0.5) is 0 Å². The van der Waals surface area contributed by atoms with E-state index >= 15 is 0 Å². The lowest BCUT2D eigenvalue weighted by molar-refractivity contribution is -0.136. The molecule has 0 saturated heterocycles. The molecule has 1 aromatic rings. The van der Waals surface area contributed by atoms with Crippen LogP contribution in [-0.2, 0) is 11.2 Å². The fourth-order valence-electron chi connectivity index (χ4n) is 0.731. The van der Waals surface area contributed by atoms with Crippen LogP contribution >= 0.6 is 0 Å². The quantitative estimate of drug-likeness (QED) is 0.671. The molecule has 0 bridgehead atoms. The number of hydrogen-bond donors (Lipinski definition) is 1. The number of carboxylic acid groups (broad SMARTS) is 1. The summed E-state index contributed by atoms with van der Waals surface area (Å²) in [5.41, 5.74) is 1.63. The van der Waals surface area contributed by atoms with Gasteiger partial charge in [-0.2, -0.15) is 0 Å². The van der Waals surface area contributed by atoms with Gasteiger partial charge in [-0.1, -0.05) is 0 Å². The van der Waals surface area contributed by atoms with E-state index in [4.69, 9.17) is 9.52 Å². The van der Waals surface area contributed by atoms with E-state index in [-0.39, 0.29) is 6.42 Å². The molecule has 0 atom stereocenters. The molecule has 0 aromatic carbocycles. The summed E-state index contributed by atoms with van der Waals surface area (Å²) in [6.45, 7) is 1.82. The molecule has 0 aliphatic carbocycles. The van der Waals surface area contributed by atoms with Gasteiger partial charge in [-0.05, 0) is 12.5 Å². The summed E-state index contributed by atoms with van der Waals surface area (Å²) < 4.78 is 4.78. The molecule has 0 amide bonds. The first-order valence-corrected chi connectivity index (χ1v) is 2.93. The second-order valence-electron chi connectivity index (χ2n) is 2.15. The van der Waals surface area contributed by atoms with Gasteiger partial charge in [0.25, 0.3) is 0 Å². The molecule has 1 N–H and O–H groups in total. The van der Waals surface area contributed by atoms with Gasteiger partial charge in [-0.3, -0.25) is 4.79 Å². The monoisotopic (exact) mass is 140 g/mol. The van der Waals surface area contributed by atoms with Gasteiger partial charge in [0, 0.05) is 5.56 Å². The summed E-state index contributed by atoms with van der Waals surface area (Å²) in [7, 11) is 0. The molecular formula is C7H8O3.